The van der Waals surface area contributed by atoms with Gasteiger partial charge in [0.25, 0.3) is 5.91 Å². The molecule has 0 saturated heterocycles. The van der Waals surface area contributed by atoms with Gasteiger partial charge in [0.2, 0.25) is 5.91 Å². The number of benzene rings is 1. The molecule has 0 aliphatic heterocycles. The van der Waals surface area contributed by atoms with Crippen molar-refractivity contribution in [1.29, 1.82) is 0 Å². The Bertz CT molecular complexity index is 668. The first-order valence-electron chi connectivity index (χ1n) is 6.13. The Morgan fingerprint density at radius 3 is 2.81 bits per heavy atom. The topological polar surface area (TPSA) is 80.1 Å². The zero-order valence-electron chi connectivity index (χ0n) is 11.6. The molecule has 1 aromatic carbocycles. The molecule has 110 valence electrons. The predicted molar refractivity (Wildman–Crippen MR) is 78.1 cm³/mol. The second-order valence-corrected chi connectivity index (χ2v) is 4.99. The fraction of sp³-hybridized carbons (Fsp3) is 0.231. The molecule has 2 amide bonds. The number of nitrogens with zero attached hydrogens (tertiary/aromatic N) is 4. The van der Waals surface area contributed by atoms with Crippen molar-refractivity contribution >= 4 is 29.1 Å². The molecule has 0 aliphatic carbocycles. The smallest absolute Gasteiger partial charge is 0.277 e. The van der Waals surface area contributed by atoms with Crippen LogP contribution in [0.2, 0.25) is 5.02 Å². The van der Waals surface area contributed by atoms with Gasteiger partial charge in [0.15, 0.2) is 5.69 Å². The van der Waals surface area contributed by atoms with E-state index < -0.39 is 5.91 Å². The fourth-order valence-electron chi connectivity index (χ4n) is 1.52. The highest BCUT2D eigenvalue weighted by Crippen LogP contribution is 2.15. The van der Waals surface area contributed by atoms with Crippen molar-refractivity contribution in [3.05, 3.63) is 41.2 Å². The molecule has 0 saturated carbocycles. The van der Waals surface area contributed by atoms with E-state index in [1.165, 1.54) is 15.8 Å². The van der Waals surface area contributed by atoms with Crippen LogP contribution in [0.25, 0.3) is 0 Å². The second-order valence-electron chi connectivity index (χ2n) is 4.55. The molecule has 0 spiro atoms. The van der Waals surface area contributed by atoms with E-state index in [4.69, 9.17) is 11.6 Å². The first-order valence-corrected chi connectivity index (χ1v) is 6.50. The average molecular weight is 308 g/mol. The first-order chi connectivity index (χ1) is 9.95. The van der Waals surface area contributed by atoms with Gasteiger partial charge in [-0.1, -0.05) is 22.9 Å². The van der Waals surface area contributed by atoms with Crippen molar-refractivity contribution in [1.82, 2.24) is 19.9 Å². The van der Waals surface area contributed by atoms with E-state index in [-0.39, 0.29) is 18.1 Å². The van der Waals surface area contributed by atoms with E-state index in [2.05, 4.69) is 15.6 Å². The minimum atomic E-state index is -0.416. The highest BCUT2D eigenvalue weighted by atomic mass is 35.5. The van der Waals surface area contributed by atoms with Crippen LogP contribution in [0.1, 0.15) is 10.5 Å². The van der Waals surface area contributed by atoms with Crippen molar-refractivity contribution in [3.8, 4) is 0 Å². The van der Waals surface area contributed by atoms with Gasteiger partial charge in [-0.15, -0.1) is 5.10 Å². The number of hydrogen-bond donors (Lipinski definition) is 1. The molecule has 1 heterocycles. The monoisotopic (exact) mass is 307 g/mol. The minimum absolute atomic E-state index is 0.0322. The van der Waals surface area contributed by atoms with Crippen LogP contribution in [-0.2, 0) is 11.3 Å². The number of carbonyl (C=O) groups is 2. The summed E-state index contributed by atoms with van der Waals surface area (Å²) in [5.41, 5.74) is 0.688. The van der Waals surface area contributed by atoms with Crippen molar-refractivity contribution < 1.29 is 9.59 Å². The Labute approximate surface area is 126 Å². The Morgan fingerprint density at radius 2 is 2.14 bits per heavy atom. The molecule has 7 nitrogen and oxygen atoms in total. The quantitative estimate of drug-likeness (QED) is 0.922. The summed E-state index contributed by atoms with van der Waals surface area (Å²) in [6.45, 7) is 0.0322. The summed E-state index contributed by atoms with van der Waals surface area (Å²) in [5, 5.41) is 10.7. The molecule has 21 heavy (non-hydrogen) atoms. The van der Waals surface area contributed by atoms with Crippen LogP contribution in [0.3, 0.4) is 0 Å². The third kappa shape index (κ3) is 4.03. The van der Waals surface area contributed by atoms with Gasteiger partial charge in [-0.2, -0.15) is 0 Å². The number of carbonyl (C=O) groups excluding carboxylic acids is 2. The van der Waals surface area contributed by atoms with Gasteiger partial charge in [-0.3, -0.25) is 9.59 Å². The molecule has 2 rings (SSSR count). The molecule has 0 atom stereocenters. The van der Waals surface area contributed by atoms with Crippen LogP contribution >= 0.6 is 11.6 Å². The number of amides is 2. The highest BCUT2D eigenvalue weighted by molar-refractivity contribution is 6.30. The molecule has 1 aromatic heterocycles. The van der Waals surface area contributed by atoms with Crippen LogP contribution in [0.5, 0.6) is 0 Å². The molecular formula is C13H14ClN5O2. The Balaban J connectivity index is 2.04. The van der Waals surface area contributed by atoms with Gasteiger partial charge in [0, 0.05) is 24.8 Å². The molecule has 2 aromatic rings. The van der Waals surface area contributed by atoms with E-state index in [0.29, 0.717) is 10.7 Å². The van der Waals surface area contributed by atoms with Crippen molar-refractivity contribution in [2.75, 3.05) is 19.4 Å². The van der Waals surface area contributed by atoms with Crippen LogP contribution in [0.15, 0.2) is 30.5 Å². The summed E-state index contributed by atoms with van der Waals surface area (Å²) in [6, 6.07) is 6.77. The average Bonchev–Trinajstić information content (AvgIpc) is 2.87. The van der Waals surface area contributed by atoms with Crippen LogP contribution in [0.4, 0.5) is 5.69 Å². The van der Waals surface area contributed by atoms with E-state index in [1.807, 2.05) is 0 Å². The summed E-state index contributed by atoms with van der Waals surface area (Å²) >= 11 is 5.84. The van der Waals surface area contributed by atoms with Crippen LogP contribution in [0, 0.1) is 0 Å². The van der Waals surface area contributed by atoms with Crippen LogP contribution < -0.4 is 5.32 Å². The summed E-state index contributed by atoms with van der Waals surface area (Å²) in [7, 11) is 3.29. The lowest BCUT2D eigenvalue weighted by Gasteiger charge is -2.08. The number of halogens is 1. The highest BCUT2D eigenvalue weighted by Gasteiger charge is 2.13. The normalized spacial score (nSPS) is 10.2. The van der Waals surface area contributed by atoms with Crippen LogP contribution in [-0.4, -0.2) is 45.8 Å². The van der Waals surface area contributed by atoms with Crippen molar-refractivity contribution in [3.63, 3.8) is 0 Å². The Kier molecular flexibility index (Phi) is 4.54. The van der Waals surface area contributed by atoms with Gasteiger partial charge in [0.1, 0.15) is 6.54 Å². The second kappa shape index (κ2) is 6.36. The number of aromatic nitrogens is 3. The van der Waals surface area contributed by atoms with E-state index in [9.17, 15) is 9.59 Å². The zero-order chi connectivity index (χ0) is 15.4. The van der Waals surface area contributed by atoms with E-state index in [0.717, 1.165) is 0 Å². The molecule has 0 bridgehead atoms. The molecule has 0 fully saturated rings. The maximum absolute atomic E-state index is 12.0. The summed E-state index contributed by atoms with van der Waals surface area (Å²) in [5.74, 6) is -0.553. The summed E-state index contributed by atoms with van der Waals surface area (Å²) < 4.78 is 1.31. The number of likely N-dealkylation sites (N-methyl/N-ethyl adjacent to an activating group) is 1. The lowest BCUT2D eigenvalue weighted by molar-refractivity contribution is -0.129. The summed E-state index contributed by atoms with van der Waals surface area (Å²) in [6.07, 6.45) is 1.42. The maximum atomic E-state index is 12.0. The molecule has 0 aliphatic rings. The van der Waals surface area contributed by atoms with E-state index in [1.54, 1.807) is 38.4 Å². The Morgan fingerprint density at radius 1 is 1.38 bits per heavy atom. The number of nitrogens with one attached hydrogen (secondary N) is 1. The Hall–Kier alpha value is -2.41. The maximum Gasteiger partial charge on any atom is 0.277 e. The standard InChI is InChI=1S/C13H14ClN5O2/c1-18(2)12(20)8-19-7-11(16-17-19)13(21)15-10-5-3-4-9(14)6-10/h3-7H,8H2,1-2H3,(H,15,21). The third-order valence-corrected chi connectivity index (χ3v) is 2.88. The van der Waals surface area contributed by atoms with E-state index >= 15 is 0 Å². The zero-order valence-corrected chi connectivity index (χ0v) is 12.3. The van der Waals surface area contributed by atoms with Gasteiger partial charge < -0.3 is 10.2 Å². The van der Waals surface area contributed by atoms with Gasteiger partial charge in [-0.25, -0.2) is 4.68 Å². The lowest BCUT2D eigenvalue weighted by Crippen LogP contribution is -2.26. The fourth-order valence-corrected chi connectivity index (χ4v) is 1.71. The SMILES string of the molecule is CN(C)C(=O)Cn1cc(C(=O)Nc2cccc(Cl)c2)nn1. The predicted octanol–water partition coefficient (Wildman–Crippen LogP) is 1.27. The first kappa shape index (κ1) is 15.0. The van der Waals surface area contributed by atoms with Crippen molar-refractivity contribution in [2.45, 2.75) is 6.54 Å². The molecule has 0 radical (unpaired) electrons. The molecule has 0 unspecified atom stereocenters. The summed E-state index contributed by atoms with van der Waals surface area (Å²) in [4.78, 5) is 25.0. The number of anilines is 1. The van der Waals surface area contributed by atoms with Crippen molar-refractivity contribution in [2.24, 2.45) is 0 Å². The molecular weight excluding hydrogens is 294 g/mol. The van der Waals surface area contributed by atoms with Gasteiger partial charge in [-0.05, 0) is 18.2 Å². The number of rotatable bonds is 4. The minimum Gasteiger partial charge on any atom is -0.347 e. The molecule has 1 N–H and O–H groups in total. The van der Waals surface area contributed by atoms with Gasteiger partial charge in [0.05, 0.1) is 6.20 Å². The van der Waals surface area contributed by atoms with Gasteiger partial charge >= 0.3 is 0 Å². The largest absolute Gasteiger partial charge is 0.347 e. The third-order valence-electron chi connectivity index (χ3n) is 2.65. The lowest BCUT2D eigenvalue weighted by atomic mass is 10.3. The molecule has 8 heteroatoms. The number of hydrogen-bond acceptors (Lipinski definition) is 4.